The summed E-state index contributed by atoms with van der Waals surface area (Å²) in [4.78, 5) is 0. The smallest absolute Gasteiger partial charge is 0.00395 e. The van der Waals surface area contributed by atoms with E-state index in [1.807, 2.05) is 0 Å². The highest BCUT2D eigenvalue weighted by molar-refractivity contribution is 5.76. The molecule has 0 spiro atoms. The van der Waals surface area contributed by atoms with Crippen molar-refractivity contribution in [1.29, 1.82) is 0 Å². The van der Waals surface area contributed by atoms with E-state index in [2.05, 4.69) is 78.0 Å². The van der Waals surface area contributed by atoms with Crippen molar-refractivity contribution in [3.63, 3.8) is 0 Å². The van der Waals surface area contributed by atoms with Gasteiger partial charge in [-0.3, -0.25) is 0 Å². The summed E-state index contributed by atoms with van der Waals surface area (Å²) >= 11 is 0. The van der Waals surface area contributed by atoms with Crippen LogP contribution < -0.4 is 0 Å². The minimum absolute atomic E-state index is 0.257. The molecule has 20 heavy (non-hydrogen) atoms. The van der Waals surface area contributed by atoms with Gasteiger partial charge in [-0.25, -0.2) is 0 Å². The molecule has 1 aromatic carbocycles. The lowest BCUT2D eigenvalue weighted by atomic mass is 9.59. The third-order valence-electron chi connectivity index (χ3n) is 5.31. The fourth-order valence-corrected chi connectivity index (χ4v) is 3.84. The normalized spacial score (nSPS) is 17.7. The van der Waals surface area contributed by atoms with Gasteiger partial charge in [-0.15, -0.1) is 0 Å². The molecule has 0 amide bonds. The second kappa shape index (κ2) is 5.60. The molecule has 0 saturated heterocycles. The Hall–Kier alpha value is -1.30. The van der Waals surface area contributed by atoms with Crippen LogP contribution in [0.15, 0.2) is 36.4 Å². The summed E-state index contributed by atoms with van der Waals surface area (Å²) in [6.07, 6.45) is 8.08. The van der Waals surface area contributed by atoms with Gasteiger partial charge in [0, 0.05) is 5.41 Å². The fraction of sp³-hybridized carbons (Fsp3) is 0.500. The molecule has 0 aliphatic heterocycles. The molecule has 2 rings (SSSR count). The van der Waals surface area contributed by atoms with Gasteiger partial charge in [0.05, 0.1) is 0 Å². The maximum absolute atomic E-state index is 2.37. The molecule has 0 nitrogen and oxygen atoms in total. The van der Waals surface area contributed by atoms with Crippen LogP contribution in [0.1, 0.15) is 50.8 Å². The SMILES string of the molecule is Cc1cccc(C2=CC=CCC2(C(C)C)C(C)C)c1C. The quantitative estimate of drug-likeness (QED) is 0.636. The summed E-state index contributed by atoms with van der Waals surface area (Å²) in [6, 6.07) is 6.71. The number of rotatable bonds is 3. The van der Waals surface area contributed by atoms with E-state index in [1.165, 1.54) is 22.3 Å². The van der Waals surface area contributed by atoms with E-state index in [-0.39, 0.29) is 5.41 Å². The third-order valence-corrected chi connectivity index (χ3v) is 5.31. The number of aryl methyl sites for hydroxylation is 1. The zero-order valence-electron chi connectivity index (χ0n) is 13.8. The summed E-state index contributed by atoms with van der Waals surface area (Å²) in [5, 5.41) is 0. The van der Waals surface area contributed by atoms with Crippen LogP contribution in [0.5, 0.6) is 0 Å². The van der Waals surface area contributed by atoms with Gasteiger partial charge in [0.2, 0.25) is 0 Å². The Balaban J connectivity index is 2.65. The lowest BCUT2D eigenvalue weighted by molar-refractivity contribution is 0.194. The fourth-order valence-electron chi connectivity index (χ4n) is 3.84. The Bertz CT molecular complexity index is 533. The molecular formula is C20H28. The van der Waals surface area contributed by atoms with Crippen LogP contribution >= 0.6 is 0 Å². The summed E-state index contributed by atoms with van der Waals surface area (Å²) in [7, 11) is 0. The van der Waals surface area contributed by atoms with Crippen LogP contribution in [0.25, 0.3) is 5.57 Å². The Kier molecular flexibility index (Phi) is 4.22. The molecule has 1 aliphatic carbocycles. The monoisotopic (exact) mass is 268 g/mol. The molecule has 0 fully saturated rings. The highest BCUT2D eigenvalue weighted by Crippen LogP contribution is 2.52. The van der Waals surface area contributed by atoms with Crippen LogP contribution in [0, 0.1) is 31.1 Å². The zero-order valence-corrected chi connectivity index (χ0v) is 13.8. The second-order valence-corrected chi connectivity index (χ2v) is 6.81. The van der Waals surface area contributed by atoms with Crippen LogP contribution in [0.3, 0.4) is 0 Å². The molecule has 0 bridgehead atoms. The van der Waals surface area contributed by atoms with Crippen molar-refractivity contribution in [3.8, 4) is 0 Å². The van der Waals surface area contributed by atoms with Crippen LogP contribution in [-0.4, -0.2) is 0 Å². The summed E-state index contributed by atoms with van der Waals surface area (Å²) < 4.78 is 0. The minimum Gasteiger partial charge on any atom is -0.0836 e. The van der Waals surface area contributed by atoms with E-state index >= 15 is 0 Å². The average molecular weight is 268 g/mol. The van der Waals surface area contributed by atoms with E-state index in [4.69, 9.17) is 0 Å². The van der Waals surface area contributed by atoms with E-state index in [9.17, 15) is 0 Å². The van der Waals surface area contributed by atoms with Gasteiger partial charge < -0.3 is 0 Å². The van der Waals surface area contributed by atoms with Crippen molar-refractivity contribution < 1.29 is 0 Å². The third kappa shape index (κ3) is 2.26. The van der Waals surface area contributed by atoms with E-state index < -0.39 is 0 Å². The lowest BCUT2D eigenvalue weighted by Gasteiger charge is -2.45. The van der Waals surface area contributed by atoms with E-state index in [0.717, 1.165) is 6.42 Å². The number of allylic oxidation sites excluding steroid dienone is 4. The standard InChI is InChI=1S/C20H28/c1-14(2)20(15(3)4)13-8-7-12-19(20)18-11-9-10-16(5)17(18)6/h7-12,14-15H,13H2,1-6H3. The minimum atomic E-state index is 0.257. The Labute approximate surface area is 124 Å². The molecule has 108 valence electrons. The van der Waals surface area contributed by atoms with Gasteiger partial charge in [0.1, 0.15) is 0 Å². The number of benzene rings is 1. The van der Waals surface area contributed by atoms with Crippen molar-refractivity contribution in [1.82, 2.24) is 0 Å². The molecule has 1 aliphatic rings. The van der Waals surface area contributed by atoms with Crippen molar-refractivity contribution in [3.05, 3.63) is 53.1 Å². The molecule has 1 aromatic rings. The molecule has 0 heteroatoms. The summed E-state index contributed by atoms with van der Waals surface area (Å²) in [6.45, 7) is 14.0. The van der Waals surface area contributed by atoms with Crippen LogP contribution in [0.4, 0.5) is 0 Å². The Morgan fingerprint density at radius 3 is 2.25 bits per heavy atom. The van der Waals surface area contributed by atoms with E-state index in [1.54, 1.807) is 0 Å². The average Bonchev–Trinajstić information content (AvgIpc) is 2.41. The van der Waals surface area contributed by atoms with Gasteiger partial charge in [-0.05, 0) is 54.4 Å². The predicted molar refractivity (Wildman–Crippen MR) is 89.8 cm³/mol. The highest BCUT2D eigenvalue weighted by atomic mass is 14.4. The lowest BCUT2D eigenvalue weighted by Crippen LogP contribution is -2.35. The first-order valence-corrected chi connectivity index (χ1v) is 7.85. The van der Waals surface area contributed by atoms with Crippen molar-refractivity contribution in [2.75, 3.05) is 0 Å². The predicted octanol–water partition coefficient (Wildman–Crippen LogP) is 5.95. The van der Waals surface area contributed by atoms with Gasteiger partial charge in [-0.1, -0.05) is 64.1 Å². The van der Waals surface area contributed by atoms with Gasteiger partial charge in [0.15, 0.2) is 0 Å². The van der Waals surface area contributed by atoms with Gasteiger partial charge in [0.25, 0.3) is 0 Å². The second-order valence-electron chi connectivity index (χ2n) is 6.81. The Morgan fingerprint density at radius 1 is 1.00 bits per heavy atom. The molecule has 0 unspecified atom stereocenters. The van der Waals surface area contributed by atoms with Gasteiger partial charge in [-0.2, -0.15) is 0 Å². The molecule has 0 heterocycles. The number of hydrogen-bond donors (Lipinski definition) is 0. The summed E-state index contributed by atoms with van der Waals surface area (Å²) in [5.74, 6) is 1.28. The molecule has 0 radical (unpaired) electrons. The number of hydrogen-bond acceptors (Lipinski definition) is 0. The molecule has 0 saturated carbocycles. The molecular weight excluding hydrogens is 240 g/mol. The van der Waals surface area contributed by atoms with E-state index in [0.29, 0.717) is 11.8 Å². The molecule has 0 N–H and O–H groups in total. The molecule has 0 atom stereocenters. The van der Waals surface area contributed by atoms with Crippen molar-refractivity contribution in [2.24, 2.45) is 17.3 Å². The van der Waals surface area contributed by atoms with Crippen LogP contribution in [-0.2, 0) is 0 Å². The largest absolute Gasteiger partial charge is 0.0836 e. The van der Waals surface area contributed by atoms with Crippen molar-refractivity contribution >= 4 is 5.57 Å². The van der Waals surface area contributed by atoms with Gasteiger partial charge >= 0.3 is 0 Å². The first kappa shape index (κ1) is 15.1. The topological polar surface area (TPSA) is 0 Å². The first-order chi connectivity index (χ1) is 9.41. The van der Waals surface area contributed by atoms with Crippen LogP contribution in [0.2, 0.25) is 0 Å². The zero-order chi connectivity index (χ0) is 14.9. The molecule has 0 aromatic heterocycles. The highest BCUT2D eigenvalue weighted by Gasteiger charge is 2.41. The maximum atomic E-state index is 2.37. The maximum Gasteiger partial charge on any atom is 0.00395 e. The Morgan fingerprint density at radius 2 is 1.65 bits per heavy atom. The first-order valence-electron chi connectivity index (χ1n) is 7.85. The summed E-state index contributed by atoms with van der Waals surface area (Å²) in [5.41, 5.74) is 6.05. The van der Waals surface area contributed by atoms with Crippen molar-refractivity contribution in [2.45, 2.75) is 48.0 Å².